The minimum absolute atomic E-state index is 0.0170. The number of hydrogen-bond donors (Lipinski definition) is 3. The van der Waals surface area contributed by atoms with Gasteiger partial charge in [-0.15, -0.1) is 5.10 Å². The largest absolute Gasteiger partial charge is 0.497 e. The third-order valence-corrected chi connectivity index (χ3v) is 3.14. The summed E-state index contributed by atoms with van der Waals surface area (Å²) in [4.78, 5) is 23.6. The van der Waals surface area contributed by atoms with Crippen LogP contribution >= 0.6 is 0 Å². The lowest BCUT2D eigenvalue weighted by atomic mass is 10.2. The molecule has 1 aliphatic heterocycles. The lowest BCUT2D eigenvalue weighted by molar-refractivity contribution is -0.115. The van der Waals surface area contributed by atoms with Crippen molar-refractivity contribution in [2.45, 2.75) is 6.42 Å². The zero-order valence-corrected chi connectivity index (χ0v) is 11.1. The number of fused-ring (bicyclic) bond motifs is 3. The summed E-state index contributed by atoms with van der Waals surface area (Å²) in [6.07, 6.45) is -0.0350. The Hall–Kier alpha value is -2.94. The zero-order valence-electron chi connectivity index (χ0n) is 11.1. The molecule has 1 aromatic heterocycles. The van der Waals surface area contributed by atoms with Crippen LogP contribution in [0.15, 0.2) is 18.2 Å². The molecule has 2 aromatic rings. The van der Waals surface area contributed by atoms with Crippen molar-refractivity contribution in [1.29, 1.82) is 0 Å². The van der Waals surface area contributed by atoms with E-state index in [9.17, 15) is 9.59 Å². The van der Waals surface area contributed by atoms with Crippen molar-refractivity contribution >= 4 is 17.5 Å². The zero-order chi connectivity index (χ0) is 15.0. The van der Waals surface area contributed by atoms with Crippen LogP contribution in [0, 0.1) is 0 Å². The molecule has 0 aliphatic carbocycles. The monoisotopic (exact) mass is 288 g/mol. The summed E-state index contributed by atoms with van der Waals surface area (Å²) in [6.45, 7) is 0. The molecule has 0 unspecified atom stereocenters. The average Bonchev–Trinajstić information content (AvgIpc) is 2.84. The molecule has 0 radical (unpaired) electrons. The second-order valence-electron chi connectivity index (χ2n) is 4.38. The highest BCUT2D eigenvalue weighted by Gasteiger charge is 2.26. The van der Waals surface area contributed by atoms with Gasteiger partial charge in [-0.3, -0.25) is 15.0 Å². The fourth-order valence-electron chi connectivity index (χ4n) is 2.16. The number of nitrogen functional groups attached to an aromatic ring is 1. The van der Waals surface area contributed by atoms with Crippen molar-refractivity contribution in [3.05, 3.63) is 29.6 Å². The van der Waals surface area contributed by atoms with Crippen molar-refractivity contribution in [2.24, 2.45) is 5.84 Å². The van der Waals surface area contributed by atoms with Gasteiger partial charge in [0.15, 0.2) is 5.69 Å². The number of ether oxygens (including phenoxy) is 1. The predicted octanol–water partition coefficient (Wildman–Crippen LogP) is -0.626. The van der Waals surface area contributed by atoms with Crippen LogP contribution in [0.1, 0.15) is 16.2 Å². The molecule has 1 aliphatic rings. The summed E-state index contributed by atoms with van der Waals surface area (Å²) in [6, 6.07) is 5.11. The highest BCUT2D eigenvalue weighted by Crippen LogP contribution is 2.29. The van der Waals surface area contributed by atoms with Crippen LogP contribution in [0.25, 0.3) is 5.69 Å². The van der Waals surface area contributed by atoms with E-state index in [-0.39, 0.29) is 18.0 Å². The number of amides is 2. The molecule has 3 rings (SSSR count). The van der Waals surface area contributed by atoms with E-state index in [2.05, 4.69) is 15.6 Å². The fourth-order valence-corrected chi connectivity index (χ4v) is 2.16. The number of methoxy groups -OCH3 is 1. The van der Waals surface area contributed by atoms with E-state index in [4.69, 9.17) is 10.6 Å². The standard InChI is InChI=1S/C12H12N6O3/c1-21-6-2-3-7-8(4-6)18-9(5-10(19)14-7)11(16-17-18)12(20)15-13/h2-4H,5,13H2,1H3,(H,14,19)(H,15,20). The number of rotatable bonds is 2. The van der Waals surface area contributed by atoms with Gasteiger partial charge in [-0.2, -0.15) is 0 Å². The molecule has 1 aromatic carbocycles. The summed E-state index contributed by atoms with van der Waals surface area (Å²) in [5.74, 6) is 4.84. The van der Waals surface area contributed by atoms with Crippen LogP contribution in [0.4, 0.5) is 5.69 Å². The Kier molecular flexibility index (Phi) is 3.03. The van der Waals surface area contributed by atoms with E-state index < -0.39 is 5.91 Å². The Morgan fingerprint density at radius 3 is 3.05 bits per heavy atom. The maximum Gasteiger partial charge on any atom is 0.287 e. The topological polar surface area (TPSA) is 124 Å². The van der Waals surface area contributed by atoms with Crippen LogP contribution in [-0.2, 0) is 11.2 Å². The van der Waals surface area contributed by atoms with Crippen LogP contribution in [-0.4, -0.2) is 33.9 Å². The van der Waals surface area contributed by atoms with E-state index in [0.29, 0.717) is 22.8 Å². The molecule has 0 spiro atoms. The normalized spacial score (nSPS) is 12.8. The first-order chi connectivity index (χ1) is 10.1. The van der Waals surface area contributed by atoms with Gasteiger partial charge in [0.2, 0.25) is 5.91 Å². The van der Waals surface area contributed by atoms with Gasteiger partial charge in [0, 0.05) is 6.07 Å². The van der Waals surface area contributed by atoms with Gasteiger partial charge in [-0.05, 0) is 12.1 Å². The second-order valence-corrected chi connectivity index (χ2v) is 4.38. The molecular formula is C12H12N6O3. The molecule has 2 heterocycles. The Bertz CT molecular complexity index is 739. The SMILES string of the molecule is COc1ccc2c(c1)-n1nnc(C(=O)NN)c1CC(=O)N2. The lowest BCUT2D eigenvalue weighted by Gasteiger charge is -2.09. The number of aromatic nitrogens is 3. The van der Waals surface area contributed by atoms with Crippen LogP contribution in [0.5, 0.6) is 5.75 Å². The second kappa shape index (κ2) is 4.87. The molecule has 108 valence electrons. The maximum absolute atomic E-state index is 11.9. The predicted molar refractivity (Wildman–Crippen MR) is 71.9 cm³/mol. The third kappa shape index (κ3) is 2.09. The Balaban J connectivity index is 2.22. The summed E-state index contributed by atoms with van der Waals surface area (Å²) in [5.41, 5.74) is 3.50. The molecule has 9 nitrogen and oxygen atoms in total. The number of carbonyl (C=O) groups is 2. The highest BCUT2D eigenvalue weighted by atomic mass is 16.5. The smallest absolute Gasteiger partial charge is 0.287 e. The van der Waals surface area contributed by atoms with Gasteiger partial charge >= 0.3 is 0 Å². The summed E-state index contributed by atoms with van der Waals surface area (Å²) >= 11 is 0. The number of benzene rings is 1. The van der Waals surface area contributed by atoms with Gasteiger partial charge in [0.1, 0.15) is 5.75 Å². The average molecular weight is 288 g/mol. The van der Waals surface area contributed by atoms with Crippen molar-refractivity contribution in [3.63, 3.8) is 0 Å². The third-order valence-electron chi connectivity index (χ3n) is 3.14. The number of carbonyl (C=O) groups excluding carboxylic acids is 2. The molecule has 0 bridgehead atoms. The Morgan fingerprint density at radius 2 is 2.33 bits per heavy atom. The molecule has 9 heteroatoms. The summed E-state index contributed by atoms with van der Waals surface area (Å²) in [7, 11) is 1.53. The fraction of sp³-hybridized carbons (Fsp3) is 0.167. The molecule has 0 saturated carbocycles. The number of anilines is 1. The van der Waals surface area contributed by atoms with Gasteiger partial charge in [-0.1, -0.05) is 5.21 Å². The molecule has 4 N–H and O–H groups in total. The van der Waals surface area contributed by atoms with Crippen LogP contribution in [0.2, 0.25) is 0 Å². The van der Waals surface area contributed by atoms with Gasteiger partial charge in [0.25, 0.3) is 5.91 Å². The minimum Gasteiger partial charge on any atom is -0.497 e. The molecule has 0 fully saturated rings. The first kappa shape index (κ1) is 13.1. The Morgan fingerprint density at radius 1 is 1.52 bits per heavy atom. The van der Waals surface area contributed by atoms with Crippen molar-refractivity contribution < 1.29 is 14.3 Å². The molecule has 21 heavy (non-hydrogen) atoms. The maximum atomic E-state index is 11.9. The summed E-state index contributed by atoms with van der Waals surface area (Å²) < 4.78 is 6.60. The van der Waals surface area contributed by atoms with E-state index >= 15 is 0 Å². The van der Waals surface area contributed by atoms with Gasteiger partial charge < -0.3 is 10.1 Å². The van der Waals surface area contributed by atoms with Crippen LogP contribution in [0.3, 0.4) is 0 Å². The van der Waals surface area contributed by atoms with E-state index in [0.717, 1.165) is 0 Å². The summed E-state index contributed by atoms with van der Waals surface area (Å²) in [5, 5.41) is 10.5. The van der Waals surface area contributed by atoms with E-state index in [1.807, 2.05) is 5.43 Å². The van der Waals surface area contributed by atoms with Gasteiger partial charge in [-0.25, -0.2) is 10.5 Å². The number of nitrogens with one attached hydrogen (secondary N) is 2. The molecular weight excluding hydrogens is 276 g/mol. The highest BCUT2D eigenvalue weighted by molar-refractivity contribution is 5.99. The minimum atomic E-state index is -0.601. The molecule has 0 atom stereocenters. The van der Waals surface area contributed by atoms with Crippen LogP contribution < -0.4 is 21.3 Å². The lowest BCUT2D eigenvalue weighted by Crippen LogP contribution is -2.31. The van der Waals surface area contributed by atoms with Gasteiger partial charge in [0.05, 0.1) is 30.6 Å². The number of nitrogens with zero attached hydrogens (tertiary/aromatic N) is 3. The first-order valence-electron chi connectivity index (χ1n) is 6.08. The van der Waals surface area contributed by atoms with Crippen molar-refractivity contribution in [2.75, 3.05) is 12.4 Å². The number of hydrazine groups is 1. The Labute approximate surface area is 119 Å². The van der Waals surface area contributed by atoms with Crippen molar-refractivity contribution in [3.8, 4) is 11.4 Å². The van der Waals surface area contributed by atoms with E-state index in [1.54, 1.807) is 18.2 Å². The number of nitrogens with two attached hydrogens (primary N) is 1. The molecule has 2 amide bonds. The van der Waals surface area contributed by atoms with E-state index in [1.165, 1.54) is 11.8 Å². The van der Waals surface area contributed by atoms with Crippen molar-refractivity contribution in [1.82, 2.24) is 20.4 Å². The quantitative estimate of drug-likeness (QED) is 0.384. The number of hydrogen-bond acceptors (Lipinski definition) is 6. The first-order valence-corrected chi connectivity index (χ1v) is 6.08. The molecule has 0 saturated heterocycles.